The topological polar surface area (TPSA) is 92.3 Å². The van der Waals surface area contributed by atoms with E-state index in [1.165, 1.54) is 30.6 Å². The number of fused-ring (bicyclic) bond motifs is 1. The number of methoxy groups -OCH3 is 1. The Kier molecular flexibility index (Phi) is 7.24. The van der Waals surface area contributed by atoms with E-state index in [2.05, 4.69) is 5.32 Å². The monoisotopic (exact) mass is 534 g/mol. The molecule has 1 amide bonds. The number of thiophene rings is 1. The maximum absolute atomic E-state index is 13.1. The van der Waals surface area contributed by atoms with Gasteiger partial charge in [0.1, 0.15) is 28.2 Å². The van der Waals surface area contributed by atoms with Gasteiger partial charge in [-0.2, -0.15) is 18.4 Å². The summed E-state index contributed by atoms with van der Waals surface area (Å²) in [5.74, 6) is -1.24. The Hall–Kier alpha value is -3.55. The van der Waals surface area contributed by atoms with Crippen LogP contribution in [0.15, 0.2) is 40.3 Å². The summed E-state index contributed by atoms with van der Waals surface area (Å²) in [7, 11) is 1.26. The average molecular weight is 535 g/mol. The van der Waals surface area contributed by atoms with Crippen molar-refractivity contribution in [3.05, 3.63) is 68.3 Å². The molecule has 0 fully saturated rings. The molecule has 4 rings (SSSR count). The van der Waals surface area contributed by atoms with Crippen molar-refractivity contribution in [2.75, 3.05) is 12.4 Å². The van der Waals surface area contributed by atoms with Gasteiger partial charge in [0, 0.05) is 16.5 Å². The van der Waals surface area contributed by atoms with Crippen molar-refractivity contribution in [1.82, 2.24) is 0 Å². The number of carbonyl (C=O) groups excluding carboxylic acids is 2. The number of anilines is 1. The van der Waals surface area contributed by atoms with Gasteiger partial charge in [0.15, 0.2) is 0 Å². The molecule has 0 spiro atoms. The molecule has 0 unspecified atom stereocenters. The minimum absolute atomic E-state index is 0.0148. The maximum Gasteiger partial charge on any atom is 0.416 e. The summed E-state index contributed by atoms with van der Waals surface area (Å²) in [5.41, 5.74) is -0.0615. The molecule has 186 valence electrons. The number of ether oxygens (including phenoxy) is 1. The van der Waals surface area contributed by atoms with Crippen molar-refractivity contribution in [2.24, 2.45) is 0 Å². The van der Waals surface area contributed by atoms with Crippen LogP contribution in [0.2, 0.25) is 5.02 Å². The summed E-state index contributed by atoms with van der Waals surface area (Å²) in [6.45, 7) is 0. The summed E-state index contributed by atoms with van der Waals surface area (Å²) < 4.78 is 49.7. The maximum atomic E-state index is 13.1. The second kappa shape index (κ2) is 10.2. The van der Waals surface area contributed by atoms with Crippen LogP contribution < -0.4 is 5.32 Å². The Balaban J connectivity index is 1.61. The van der Waals surface area contributed by atoms with Gasteiger partial charge in [-0.25, -0.2) is 4.79 Å². The summed E-state index contributed by atoms with van der Waals surface area (Å²) in [5, 5.41) is 12.5. The summed E-state index contributed by atoms with van der Waals surface area (Å²) in [6, 6.07) is 7.42. The SMILES string of the molecule is COC(=O)c1c(NC(=O)/C(C#N)=C\c2ccc(-c3cc(C(F)(F)F)ccc3Cl)o2)sc2c1CCCC2. The van der Waals surface area contributed by atoms with E-state index in [0.29, 0.717) is 17.0 Å². The zero-order valence-electron chi connectivity index (χ0n) is 18.8. The van der Waals surface area contributed by atoms with E-state index in [9.17, 15) is 28.0 Å². The second-order valence-electron chi connectivity index (χ2n) is 7.92. The minimum atomic E-state index is -4.56. The number of nitrogens with one attached hydrogen (secondary N) is 1. The Morgan fingerprint density at radius 1 is 1.22 bits per heavy atom. The lowest BCUT2D eigenvalue weighted by molar-refractivity contribution is -0.137. The normalized spacial score (nSPS) is 13.6. The molecule has 2 heterocycles. The molecule has 0 aliphatic heterocycles. The third kappa shape index (κ3) is 5.17. The largest absolute Gasteiger partial charge is 0.465 e. The molecule has 1 aliphatic carbocycles. The van der Waals surface area contributed by atoms with Gasteiger partial charge >= 0.3 is 12.1 Å². The molecular weight excluding hydrogens is 517 g/mol. The number of benzene rings is 1. The quantitative estimate of drug-likeness (QED) is 0.218. The highest BCUT2D eigenvalue weighted by molar-refractivity contribution is 7.17. The Bertz CT molecular complexity index is 1420. The third-order valence-corrected chi connectivity index (χ3v) is 7.16. The van der Waals surface area contributed by atoms with Crippen LogP contribution in [0.5, 0.6) is 0 Å². The van der Waals surface area contributed by atoms with Crippen LogP contribution in [-0.2, 0) is 28.5 Å². The predicted octanol–water partition coefficient (Wildman–Crippen LogP) is 6.89. The van der Waals surface area contributed by atoms with Crippen LogP contribution in [0.1, 0.15) is 45.0 Å². The first-order chi connectivity index (χ1) is 17.1. The summed E-state index contributed by atoms with van der Waals surface area (Å²) in [4.78, 5) is 26.3. The molecule has 0 atom stereocenters. The Morgan fingerprint density at radius 3 is 2.67 bits per heavy atom. The molecule has 0 radical (unpaired) electrons. The van der Waals surface area contributed by atoms with Gasteiger partial charge in [-0.05, 0) is 61.6 Å². The molecule has 2 aromatic heterocycles. The Labute approximate surface area is 212 Å². The van der Waals surface area contributed by atoms with Crippen molar-refractivity contribution >= 4 is 45.9 Å². The van der Waals surface area contributed by atoms with Crippen LogP contribution in [0, 0.1) is 11.3 Å². The number of alkyl halides is 3. The van der Waals surface area contributed by atoms with E-state index >= 15 is 0 Å². The van der Waals surface area contributed by atoms with Crippen molar-refractivity contribution in [3.8, 4) is 17.4 Å². The number of nitriles is 1. The predicted molar refractivity (Wildman–Crippen MR) is 129 cm³/mol. The number of hydrogen-bond acceptors (Lipinski definition) is 6. The molecule has 3 aromatic rings. The standard InChI is InChI=1S/C25H18ClF3N2O4S/c1-34-24(33)21-16-4-2-3-5-20(16)36-23(21)31-22(32)13(12-30)10-15-7-9-19(35-15)17-11-14(25(27,28)29)6-8-18(17)26/h6-11H,2-5H2,1H3,(H,31,32)/b13-10-. The van der Waals surface area contributed by atoms with Crippen molar-refractivity contribution in [2.45, 2.75) is 31.9 Å². The molecule has 1 aromatic carbocycles. The van der Waals surface area contributed by atoms with Crippen LogP contribution in [0.3, 0.4) is 0 Å². The number of nitrogens with zero attached hydrogens (tertiary/aromatic N) is 1. The third-order valence-electron chi connectivity index (χ3n) is 5.63. The van der Waals surface area contributed by atoms with Crippen LogP contribution in [0.25, 0.3) is 17.4 Å². The molecule has 1 aliphatic rings. The highest BCUT2D eigenvalue weighted by atomic mass is 35.5. The molecule has 1 N–H and O–H groups in total. The fourth-order valence-electron chi connectivity index (χ4n) is 3.90. The number of esters is 1. The Morgan fingerprint density at radius 2 is 1.97 bits per heavy atom. The molecule has 6 nitrogen and oxygen atoms in total. The first-order valence-corrected chi connectivity index (χ1v) is 11.9. The second-order valence-corrected chi connectivity index (χ2v) is 9.44. The lowest BCUT2D eigenvalue weighted by Crippen LogP contribution is -2.16. The number of hydrogen-bond donors (Lipinski definition) is 1. The summed E-state index contributed by atoms with van der Waals surface area (Å²) >= 11 is 7.34. The van der Waals surface area contributed by atoms with Gasteiger partial charge in [-0.3, -0.25) is 4.79 Å². The lowest BCUT2D eigenvalue weighted by atomic mass is 9.95. The fourth-order valence-corrected chi connectivity index (χ4v) is 5.38. The first kappa shape index (κ1) is 25.5. The number of halogens is 4. The van der Waals surface area contributed by atoms with Gasteiger partial charge < -0.3 is 14.5 Å². The van der Waals surface area contributed by atoms with Crippen molar-refractivity contribution < 1.29 is 31.9 Å². The first-order valence-electron chi connectivity index (χ1n) is 10.7. The van der Waals surface area contributed by atoms with E-state index in [0.717, 1.165) is 54.0 Å². The zero-order valence-corrected chi connectivity index (χ0v) is 20.4. The van der Waals surface area contributed by atoms with Crippen LogP contribution in [0.4, 0.5) is 18.2 Å². The molecule has 0 bridgehead atoms. The van der Waals surface area contributed by atoms with Crippen LogP contribution >= 0.6 is 22.9 Å². The minimum Gasteiger partial charge on any atom is -0.465 e. The van der Waals surface area contributed by atoms with E-state index < -0.39 is 23.6 Å². The number of furan rings is 1. The number of amides is 1. The van der Waals surface area contributed by atoms with E-state index in [-0.39, 0.29) is 27.7 Å². The van der Waals surface area contributed by atoms with Gasteiger partial charge in [0.2, 0.25) is 0 Å². The highest BCUT2D eigenvalue weighted by Crippen LogP contribution is 2.39. The van der Waals surface area contributed by atoms with Gasteiger partial charge in [-0.15, -0.1) is 11.3 Å². The highest BCUT2D eigenvalue weighted by Gasteiger charge is 2.31. The number of carbonyl (C=O) groups is 2. The number of rotatable bonds is 5. The van der Waals surface area contributed by atoms with Gasteiger partial charge in [0.05, 0.1) is 23.3 Å². The van der Waals surface area contributed by atoms with E-state index in [4.69, 9.17) is 20.8 Å². The molecule has 36 heavy (non-hydrogen) atoms. The lowest BCUT2D eigenvalue weighted by Gasteiger charge is -2.11. The van der Waals surface area contributed by atoms with Crippen LogP contribution in [-0.4, -0.2) is 19.0 Å². The number of aryl methyl sites for hydroxylation is 1. The fraction of sp³-hybridized carbons (Fsp3) is 0.240. The molecule has 11 heteroatoms. The van der Waals surface area contributed by atoms with E-state index in [1.54, 1.807) is 6.07 Å². The van der Waals surface area contributed by atoms with Crippen molar-refractivity contribution in [1.29, 1.82) is 5.26 Å². The van der Waals surface area contributed by atoms with Crippen molar-refractivity contribution in [3.63, 3.8) is 0 Å². The van der Waals surface area contributed by atoms with Gasteiger partial charge in [-0.1, -0.05) is 11.6 Å². The molecular formula is C25H18ClF3N2O4S. The van der Waals surface area contributed by atoms with Gasteiger partial charge in [0.25, 0.3) is 5.91 Å². The average Bonchev–Trinajstić information content (AvgIpc) is 3.45. The summed E-state index contributed by atoms with van der Waals surface area (Å²) in [6.07, 6.45) is -0.0341. The van der Waals surface area contributed by atoms with E-state index in [1.807, 2.05) is 0 Å². The molecule has 0 saturated carbocycles. The smallest absolute Gasteiger partial charge is 0.416 e. The molecule has 0 saturated heterocycles. The zero-order chi connectivity index (χ0) is 26.0.